The van der Waals surface area contributed by atoms with Crippen molar-refractivity contribution in [3.8, 4) is 0 Å². The van der Waals surface area contributed by atoms with Crippen LogP contribution in [0.2, 0.25) is 0 Å². The highest BCUT2D eigenvalue weighted by atomic mass is 16.5. The number of aromatic amines is 1. The summed E-state index contributed by atoms with van der Waals surface area (Å²) < 4.78 is 5.73. The smallest absolute Gasteiger partial charge is 0.258 e. The second-order valence-corrected chi connectivity index (χ2v) is 5.44. The van der Waals surface area contributed by atoms with Crippen molar-refractivity contribution in [3.63, 3.8) is 0 Å². The zero-order chi connectivity index (χ0) is 14.2. The third-order valence-electron chi connectivity index (χ3n) is 3.77. The van der Waals surface area contributed by atoms with Crippen LogP contribution in [-0.2, 0) is 4.74 Å². The SMILES string of the molecule is CC1(CNc2cc3nc[nH]c(=O)c3cc2N)CCCO1. The summed E-state index contributed by atoms with van der Waals surface area (Å²) in [6, 6.07) is 3.46. The molecule has 1 aliphatic rings. The Kier molecular flexibility index (Phi) is 3.10. The number of anilines is 2. The molecule has 1 unspecified atom stereocenters. The number of hydrogen-bond acceptors (Lipinski definition) is 5. The summed E-state index contributed by atoms with van der Waals surface area (Å²) in [5.41, 5.74) is 7.62. The van der Waals surface area contributed by atoms with Gasteiger partial charge in [0.15, 0.2) is 0 Å². The molecule has 0 amide bonds. The summed E-state index contributed by atoms with van der Waals surface area (Å²) in [7, 11) is 0. The fourth-order valence-electron chi connectivity index (χ4n) is 2.54. The molecular formula is C14H18N4O2. The number of H-pyrrole nitrogens is 1. The van der Waals surface area contributed by atoms with Gasteiger partial charge in [0.25, 0.3) is 5.56 Å². The van der Waals surface area contributed by atoms with Crippen LogP contribution in [0.1, 0.15) is 19.8 Å². The molecule has 1 atom stereocenters. The largest absolute Gasteiger partial charge is 0.397 e. The van der Waals surface area contributed by atoms with Gasteiger partial charge >= 0.3 is 0 Å². The minimum absolute atomic E-state index is 0.150. The Balaban J connectivity index is 1.88. The molecule has 6 heteroatoms. The van der Waals surface area contributed by atoms with Crippen LogP contribution >= 0.6 is 0 Å². The van der Waals surface area contributed by atoms with E-state index in [1.807, 2.05) is 0 Å². The average Bonchev–Trinajstić information content (AvgIpc) is 2.85. The first-order chi connectivity index (χ1) is 9.57. The van der Waals surface area contributed by atoms with Crippen molar-refractivity contribution < 1.29 is 4.74 Å². The molecule has 2 heterocycles. The molecule has 20 heavy (non-hydrogen) atoms. The molecule has 3 rings (SSSR count). The topological polar surface area (TPSA) is 93.0 Å². The highest BCUT2D eigenvalue weighted by molar-refractivity contribution is 5.88. The van der Waals surface area contributed by atoms with Gasteiger partial charge in [0, 0.05) is 13.2 Å². The van der Waals surface area contributed by atoms with Crippen molar-refractivity contribution in [3.05, 3.63) is 28.8 Å². The zero-order valence-corrected chi connectivity index (χ0v) is 11.4. The highest BCUT2D eigenvalue weighted by Gasteiger charge is 2.29. The summed E-state index contributed by atoms with van der Waals surface area (Å²) in [4.78, 5) is 18.4. The number of nitrogens with one attached hydrogen (secondary N) is 2. The third-order valence-corrected chi connectivity index (χ3v) is 3.77. The predicted octanol–water partition coefficient (Wildman–Crippen LogP) is 1.49. The molecule has 6 nitrogen and oxygen atoms in total. The minimum Gasteiger partial charge on any atom is -0.397 e. The Labute approximate surface area is 116 Å². The van der Waals surface area contributed by atoms with Gasteiger partial charge in [0.1, 0.15) is 0 Å². The van der Waals surface area contributed by atoms with E-state index in [4.69, 9.17) is 10.5 Å². The number of hydrogen-bond donors (Lipinski definition) is 3. The van der Waals surface area contributed by atoms with E-state index in [0.717, 1.165) is 25.1 Å². The number of ether oxygens (including phenoxy) is 1. The molecule has 4 N–H and O–H groups in total. The first-order valence-corrected chi connectivity index (χ1v) is 6.72. The van der Waals surface area contributed by atoms with Crippen molar-refractivity contribution >= 4 is 22.3 Å². The van der Waals surface area contributed by atoms with Gasteiger partial charge < -0.3 is 20.8 Å². The number of rotatable bonds is 3. The lowest BCUT2D eigenvalue weighted by atomic mass is 10.0. The molecule has 0 aliphatic carbocycles. The molecule has 1 saturated heterocycles. The van der Waals surface area contributed by atoms with Gasteiger partial charge in [0.2, 0.25) is 0 Å². The fraction of sp³-hybridized carbons (Fsp3) is 0.429. The maximum Gasteiger partial charge on any atom is 0.258 e. The highest BCUT2D eigenvalue weighted by Crippen LogP contribution is 2.28. The molecule has 0 spiro atoms. The Hall–Kier alpha value is -2.08. The first kappa shape index (κ1) is 12.9. The van der Waals surface area contributed by atoms with Gasteiger partial charge in [0.05, 0.1) is 34.2 Å². The van der Waals surface area contributed by atoms with E-state index in [9.17, 15) is 4.79 Å². The van der Waals surface area contributed by atoms with Crippen molar-refractivity contribution in [2.24, 2.45) is 0 Å². The average molecular weight is 274 g/mol. The molecule has 0 radical (unpaired) electrons. The van der Waals surface area contributed by atoms with Gasteiger partial charge in [-0.25, -0.2) is 4.98 Å². The number of benzene rings is 1. The number of fused-ring (bicyclic) bond motifs is 1. The van der Waals surface area contributed by atoms with Gasteiger partial charge in [-0.3, -0.25) is 4.79 Å². The summed E-state index contributed by atoms with van der Waals surface area (Å²) in [6.07, 6.45) is 3.51. The quantitative estimate of drug-likeness (QED) is 0.737. The van der Waals surface area contributed by atoms with E-state index in [1.54, 1.807) is 12.1 Å². The second kappa shape index (κ2) is 4.79. The van der Waals surface area contributed by atoms with E-state index < -0.39 is 0 Å². The Morgan fingerprint density at radius 1 is 1.55 bits per heavy atom. The number of aromatic nitrogens is 2. The van der Waals surface area contributed by atoms with E-state index in [1.165, 1.54) is 6.33 Å². The van der Waals surface area contributed by atoms with Gasteiger partial charge in [-0.1, -0.05) is 0 Å². The van der Waals surface area contributed by atoms with Crippen molar-refractivity contribution in [2.75, 3.05) is 24.2 Å². The van der Waals surface area contributed by atoms with Crippen LogP contribution < -0.4 is 16.6 Å². The fourth-order valence-corrected chi connectivity index (χ4v) is 2.54. The lowest BCUT2D eigenvalue weighted by Gasteiger charge is -2.24. The summed E-state index contributed by atoms with van der Waals surface area (Å²) in [5.74, 6) is 0. The molecule has 1 fully saturated rings. The van der Waals surface area contributed by atoms with Crippen LogP contribution in [0.25, 0.3) is 10.9 Å². The Bertz CT molecular complexity index is 689. The molecule has 2 aromatic rings. The molecule has 106 valence electrons. The van der Waals surface area contributed by atoms with Crippen LogP contribution in [0.5, 0.6) is 0 Å². The summed E-state index contributed by atoms with van der Waals surface area (Å²) >= 11 is 0. The standard InChI is InChI=1S/C14H18N4O2/c1-14(3-2-4-20-14)7-16-12-6-11-9(5-10(12)15)13(19)18-8-17-11/h5-6,8,16H,2-4,7,15H2,1H3,(H,17,18,19). The molecule has 0 bridgehead atoms. The van der Waals surface area contributed by atoms with Crippen molar-refractivity contribution in [1.82, 2.24) is 9.97 Å². The van der Waals surface area contributed by atoms with Crippen molar-refractivity contribution in [2.45, 2.75) is 25.4 Å². The van der Waals surface area contributed by atoms with Crippen LogP contribution in [0.4, 0.5) is 11.4 Å². The van der Waals surface area contributed by atoms with E-state index in [2.05, 4.69) is 22.2 Å². The lowest BCUT2D eigenvalue weighted by molar-refractivity contribution is 0.0315. The van der Waals surface area contributed by atoms with Crippen LogP contribution in [0.15, 0.2) is 23.3 Å². The first-order valence-electron chi connectivity index (χ1n) is 6.72. The second-order valence-electron chi connectivity index (χ2n) is 5.44. The maximum atomic E-state index is 11.7. The molecule has 1 aliphatic heterocycles. The molecule has 0 saturated carbocycles. The third kappa shape index (κ3) is 2.34. The number of nitrogen functional groups attached to an aromatic ring is 1. The number of nitrogens with zero attached hydrogens (tertiary/aromatic N) is 1. The summed E-state index contributed by atoms with van der Waals surface area (Å²) in [6.45, 7) is 3.58. The Morgan fingerprint density at radius 3 is 3.15 bits per heavy atom. The van der Waals surface area contributed by atoms with E-state index in [-0.39, 0.29) is 11.2 Å². The zero-order valence-electron chi connectivity index (χ0n) is 11.4. The maximum absolute atomic E-state index is 11.7. The lowest BCUT2D eigenvalue weighted by Crippen LogP contribution is -2.32. The van der Waals surface area contributed by atoms with Gasteiger partial charge in [-0.05, 0) is 31.9 Å². The molecule has 1 aromatic carbocycles. The predicted molar refractivity (Wildman–Crippen MR) is 78.9 cm³/mol. The molecular weight excluding hydrogens is 256 g/mol. The molecule has 1 aromatic heterocycles. The number of nitrogens with two attached hydrogens (primary N) is 1. The normalized spacial score (nSPS) is 22.2. The van der Waals surface area contributed by atoms with Crippen LogP contribution in [0, 0.1) is 0 Å². The monoisotopic (exact) mass is 274 g/mol. The Morgan fingerprint density at radius 2 is 2.40 bits per heavy atom. The van der Waals surface area contributed by atoms with Gasteiger partial charge in [-0.15, -0.1) is 0 Å². The van der Waals surface area contributed by atoms with Gasteiger partial charge in [-0.2, -0.15) is 0 Å². The van der Waals surface area contributed by atoms with Crippen molar-refractivity contribution in [1.29, 1.82) is 0 Å². The summed E-state index contributed by atoms with van der Waals surface area (Å²) in [5, 5.41) is 3.80. The van der Waals surface area contributed by atoms with E-state index in [0.29, 0.717) is 23.1 Å². The van der Waals surface area contributed by atoms with Crippen LogP contribution in [-0.4, -0.2) is 28.7 Å². The van der Waals surface area contributed by atoms with E-state index >= 15 is 0 Å². The van der Waals surface area contributed by atoms with Crippen LogP contribution in [0.3, 0.4) is 0 Å². The minimum atomic E-state index is -0.181.